The van der Waals surface area contributed by atoms with Crippen molar-refractivity contribution in [2.75, 3.05) is 13.7 Å². The van der Waals surface area contributed by atoms with Crippen molar-refractivity contribution < 1.29 is 18.3 Å². The summed E-state index contributed by atoms with van der Waals surface area (Å²) in [5, 5.41) is 0. The Labute approximate surface area is 146 Å². The van der Waals surface area contributed by atoms with E-state index < -0.39 is 11.6 Å². The van der Waals surface area contributed by atoms with Gasteiger partial charge in [-0.05, 0) is 42.7 Å². The Kier molecular flexibility index (Phi) is 5.31. The van der Waals surface area contributed by atoms with Crippen LogP contribution >= 0.6 is 0 Å². The SMILES string of the molecule is COc1ccc([C@@H]2CCCCCN2C(=O)c2ccc(F)cc2F)cc1. The second kappa shape index (κ2) is 7.64. The maximum atomic E-state index is 14.1. The molecule has 0 aromatic heterocycles. The smallest absolute Gasteiger partial charge is 0.257 e. The van der Waals surface area contributed by atoms with E-state index in [1.54, 1.807) is 12.0 Å². The summed E-state index contributed by atoms with van der Waals surface area (Å²) in [5.41, 5.74) is 0.917. The Hall–Kier alpha value is -2.43. The van der Waals surface area contributed by atoms with Crippen LogP contribution in [0.15, 0.2) is 42.5 Å². The summed E-state index contributed by atoms with van der Waals surface area (Å²) in [6.45, 7) is 0.562. The molecule has 25 heavy (non-hydrogen) atoms. The average Bonchev–Trinajstić information content (AvgIpc) is 2.87. The van der Waals surface area contributed by atoms with Gasteiger partial charge in [-0.3, -0.25) is 4.79 Å². The molecule has 5 heteroatoms. The normalized spacial score (nSPS) is 17.9. The molecule has 0 saturated carbocycles. The lowest BCUT2D eigenvalue weighted by Crippen LogP contribution is -2.35. The van der Waals surface area contributed by atoms with Crippen LogP contribution in [0.5, 0.6) is 5.75 Å². The first-order chi connectivity index (χ1) is 12.1. The minimum absolute atomic E-state index is 0.0817. The molecule has 132 valence electrons. The van der Waals surface area contributed by atoms with Gasteiger partial charge in [-0.25, -0.2) is 8.78 Å². The Morgan fingerprint density at radius 2 is 1.84 bits per heavy atom. The van der Waals surface area contributed by atoms with E-state index >= 15 is 0 Å². The zero-order valence-corrected chi connectivity index (χ0v) is 14.2. The molecule has 3 rings (SSSR count). The van der Waals surface area contributed by atoms with Crippen LogP contribution in [0.3, 0.4) is 0 Å². The lowest BCUT2D eigenvalue weighted by Gasteiger charge is -2.31. The first-order valence-corrected chi connectivity index (χ1v) is 8.50. The molecule has 0 unspecified atom stereocenters. The van der Waals surface area contributed by atoms with Gasteiger partial charge in [-0.1, -0.05) is 25.0 Å². The number of halogens is 2. The number of carbonyl (C=O) groups excluding carboxylic acids is 1. The van der Waals surface area contributed by atoms with Crippen molar-refractivity contribution in [3.05, 3.63) is 65.2 Å². The summed E-state index contributed by atoms with van der Waals surface area (Å²) in [6.07, 6.45) is 3.73. The monoisotopic (exact) mass is 345 g/mol. The molecule has 1 aliphatic rings. The molecule has 1 saturated heterocycles. The van der Waals surface area contributed by atoms with Crippen molar-refractivity contribution in [1.82, 2.24) is 4.90 Å². The minimum atomic E-state index is -0.817. The molecule has 3 nitrogen and oxygen atoms in total. The molecular formula is C20H21F2NO2. The average molecular weight is 345 g/mol. The molecule has 0 radical (unpaired) electrons. The molecule has 1 amide bonds. The second-order valence-corrected chi connectivity index (χ2v) is 6.26. The van der Waals surface area contributed by atoms with Gasteiger partial charge in [-0.2, -0.15) is 0 Å². The zero-order valence-electron chi connectivity index (χ0n) is 14.2. The first-order valence-electron chi connectivity index (χ1n) is 8.50. The number of amides is 1. The van der Waals surface area contributed by atoms with Crippen LogP contribution in [0, 0.1) is 11.6 Å². The summed E-state index contributed by atoms with van der Waals surface area (Å²) in [6, 6.07) is 10.6. The van der Waals surface area contributed by atoms with Gasteiger partial charge >= 0.3 is 0 Å². The topological polar surface area (TPSA) is 29.5 Å². The maximum Gasteiger partial charge on any atom is 0.257 e. The van der Waals surface area contributed by atoms with Crippen molar-refractivity contribution >= 4 is 5.91 Å². The molecule has 0 spiro atoms. The van der Waals surface area contributed by atoms with Crippen molar-refractivity contribution in [3.8, 4) is 5.75 Å². The van der Waals surface area contributed by atoms with E-state index in [0.717, 1.165) is 49.1 Å². The Bertz CT molecular complexity index is 746. The number of ether oxygens (including phenoxy) is 1. The van der Waals surface area contributed by atoms with Gasteiger partial charge in [0.1, 0.15) is 17.4 Å². The lowest BCUT2D eigenvalue weighted by molar-refractivity contribution is 0.0676. The third-order valence-corrected chi connectivity index (χ3v) is 4.68. The molecule has 1 aliphatic heterocycles. The number of nitrogens with zero attached hydrogens (tertiary/aromatic N) is 1. The third kappa shape index (κ3) is 3.81. The predicted octanol–water partition coefficient (Wildman–Crippen LogP) is 4.73. The number of likely N-dealkylation sites (tertiary alicyclic amines) is 1. The molecular weight excluding hydrogens is 324 g/mol. The zero-order chi connectivity index (χ0) is 17.8. The Balaban J connectivity index is 1.92. The van der Waals surface area contributed by atoms with Crippen LogP contribution in [-0.4, -0.2) is 24.5 Å². The third-order valence-electron chi connectivity index (χ3n) is 4.68. The number of benzene rings is 2. The van der Waals surface area contributed by atoms with Gasteiger partial charge in [0.05, 0.1) is 18.7 Å². The maximum absolute atomic E-state index is 14.1. The van der Waals surface area contributed by atoms with E-state index in [2.05, 4.69) is 0 Å². The number of hydrogen-bond donors (Lipinski definition) is 0. The molecule has 0 bridgehead atoms. The molecule has 1 heterocycles. The van der Waals surface area contributed by atoms with E-state index in [9.17, 15) is 13.6 Å². The van der Waals surface area contributed by atoms with Crippen LogP contribution in [-0.2, 0) is 0 Å². The standard InChI is InChI=1S/C20H21F2NO2/c1-25-16-9-6-14(7-10-16)19-5-3-2-4-12-23(19)20(24)17-11-8-15(21)13-18(17)22/h6-11,13,19H,2-5,12H2,1H3/t19-/m0/s1. The van der Waals surface area contributed by atoms with E-state index in [1.165, 1.54) is 6.07 Å². The lowest BCUT2D eigenvalue weighted by atomic mass is 9.99. The highest BCUT2D eigenvalue weighted by atomic mass is 19.1. The summed E-state index contributed by atoms with van der Waals surface area (Å²) in [4.78, 5) is 14.6. The van der Waals surface area contributed by atoms with Crippen LogP contribution in [0.2, 0.25) is 0 Å². The largest absolute Gasteiger partial charge is 0.497 e. The van der Waals surface area contributed by atoms with Crippen molar-refractivity contribution in [2.45, 2.75) is 31.7 Å². The van der Waals surface area contributed by atoms with Crippen molar-refractivity contribution in [1.29, 1.82) is 0 Å². The molecule has 1 fully saturated rings. The molecule has 2 aromatic rings. The van der Waals surface area contributed by atoms with E-state index in [-0.39, 0.29) is 17.5 Å². The van der Waals surface area contributed by atoms with Gasteiger partial charge in [0.2, 0.25) is 0 Å². The first kappa shape index (κ1) is 17.4. The summed E-state index contributed by atoms with van der Waals surface area (Å²) in [5.74, 6) is -1.14. The quantitative estimate of drug-likeness (QED) is 0.805. The second-order valence-electron chi connectivity index (χ2n) is 6.26. The number of methoxy groups -OCH3 is 1. The fourth-order valence-electron chi connectivity index (χ4n) is 3.34. The van der Waals surface area contributed by atoms with Crippen LogP contribution in [0.4, 0.5) is 8.78 Å². The van der Waals surface area contributed by atoms with Gasteiger partial charge in [-0.15, -0.1) is 0 Å². The fourth-order valence-corrected chi connectivity index (χ4v) is 3.34. The molecule has 1 atom stereocenters. The van der Waals surface area contributed by atoms with E-state index in [0.29, 0.717) is 6.54 Å². The summed E-state index contributed by atoms with van der Waals surface area (Å²) < 4.78 is 32.4. The molecule has 2 aromatic carbocycles. The minimum Gasteiger partial charge on any atom is -0.497 e. The summed E-state index contributed by atoms with van der Waals surface area (Å²) in [7, 11) is 1.60. The van der Waals surface area contributed by atoms with Crippen LogP contribution in [0.1, 0.15) is 47.6 Å². The highest BCUT2D eigenvalue weighted by Gasteiger charge is 2.29. The van der Waals surface area contributed by atoms with Gasteiger partial charge in [0.25, 0.3) is 5.91 Å². The van der Waals surface area contributed by atoms with Crippen LogP contribution < -0.4 is 4.74 Å². The Morgan fingerprint density at radius 1 is 1.08 bits per heavy atom. The van der Waals surface area contributed by atoms with Gasteiger partial charge in [0.15, 0.2) is 0 Å². The number of rotatable bonds is 3. The molecule has 0 N–H and O–H groups in total. The molecule has 0 aliphatic carbocycles. The predicted molar refractivity (Wildman–Crippen MR) is 91.6 cm³/mol. The Morgan fingerprint density at radius 3 is 2.52 bits per heavy atom. The van der Waals surface area contributed by atoms with E-state index in [4.69, 9.17) is 4.74 Å². The number of hydrogen-bond acceptors (Lipinski definition) is 2. The fraction of sp³-hybridized carbons (Fsp3) is 0.350. The van der Waals surface area contributed by atoms with Crippen LogP contribution in [0.25, 0.3) is 0 Å². The highest BCUT2D eigenvalue weighted by Crippen LogP contribution is 2.32. The van der Waals surface area contributed by atoms with Crippen molar-refractivity contribution in [3.63, 3.8) is 0 Å². The summed E-state index contributed by atoms with van der Waals surface area (Å²) >= 11 is 0. The number of carbonyl (C=O) groups is 1. The van der Waals surface area contributed by atoms with Gasteiger partial charge in [0, 0.05) is 12.6 Å². The van der Waals surface area contributed by atoms with E-state index in [1.807, 2.05) is 24.3 Å². The van der Waals surface area contributed by atoms with Gasteiger partial charge < -0.3 is 9.64 Å². The van der Waals surface area contributed by atoms with Crippen molar-refractivity contribution in [2.24, 2.45) is 0 Å². The highest BCUT2D eigenvalue weighted by molar-refractivity contribution is 5.94.